The van der Waals surface area contributed by atoms with Crippen molar-refractivity contribution in [3.05, 3.63) is 29.3 Å². The summed E-state index contributed by atoms with van der Waals surface area (Å²) in [5.41, 5.74) is 0. The number of carbonyl (C=O) groups excluding carboxylic acids is 1. The summed E-state index contributed by atoms with van der Waals surface area (Å²) in [5, 5.41) is 3.56. The molecule has 6 nitrogen and oxygen atoms in total. The molecular formula is C22H34ClN3O3S. The number of piperidine rings is 2. The maximum absolute atomic E-state index is 12.8. The van der Waals surface area contributed by atoms with Gasteiger partial charge in [-0.25, -0.2) is 8.42 Å². The molecule has 2 fully saturated rings. The number of nitrogens with one attached hydrogen (secondary N) is 1. The van der Waals surface area contributed by atoms with Crippen LogP contribution in [0.3, 0.4) is 0 Å². The SMILES string of the molecule is CC1CCCCN1CCCCNC(=O)C1CCN(S(=O)(=O)c2ccc(Cl)cc2)CC1. The van der Waals surface area contributed by atoms with E-state index in [9.17, 15) is 13.2 Å². The van der Waals surface area contributed by atoms with Crippen LogP contribution in [0.5, 0.6) is 0 Å². The highest BCUT2D eigenvalue weighted by atomic mass is 35.5. The van der Waals surface area contributed by atoms with Crippen molar-refractivity contribution in [3.8, 4) is 0 Å². The molecule has 0 aromatic heterocycles. The number of carbonyl (C=O) groups is 1. The van der Waals surface area contributed by atoms with Crippen LogP contribution in [-0.2, 0) is 14.8 Å². The highest BCUT2D eigenvalue weighted by Crippen LogP contribution is 2.25. The van der Waals surface area contributed by atoms with Crippen LogP contribution in [-0.4, -0.2) is 62.3 Å². The summed E-state index contributed by atoms with van der Waals surface area (Å²) in [6.07, 6.45) is 7.14. The molecule has 0 bridgehead atoms. The van der Waals surface area contributed by atoms with Gasteiger partial charge >= 0.3 is 0 Å². The summed E-state index contributed by atoms with van der Waals surface area (Å²) in [6, 6.07) is 6.91. The number of amides is 1. The average Bonchev–Trinajstić information content (AvgIpc) is 2.75. The van der Waals surface area contributed by atoms with E-state index in [0.717, 1.165) is 19.4 Å². The number of sulfonamides is 1. The Morgan fingerprint density at radius 3 is 2.43 bits per heavy atom. The zero-order valence-electron chi connectivity index (χ0n) is 17.9. The number of likely N-dealkylation sites (tertiary alicyclic amines) is 1. The maximum atomic E-state index is 12.8. The first-order valence-electron chi connectivity index (χ1n) is 11.2. The topological polar surface area (TPSA) is 69.7 Å². The van der Waals surface area contributed by atoms with Crippen molar-refractivity contribution in [1.82, 2.24) is 14.5 Å². The lowest BCUT2D eigenvalue weighted by atomic mass is 9.97. The lowest BCUT2D eigenvalue weighted by Gasteiger charge is -2.33. The second-order valence-electron chi connectivity index (χ2n) is 8.51. The normalized spacial score (nSPS) is 22.1. The van der Waals surface area contributed by atoms with E-state index >= 15 is 0 Å². The maximum Gasteiger partial charge on any atom is 0.243 e. The van der Waals surface area contributed by atoms with Crippen molar-refractivity contribution in [2.45, 2.75) is 62.8 Å². The molecule has 1 aromatic carbocycles. The van der Waals surface area contributed by atoms with Crippen molar-refractivity contribution in [1.29, 1.82) is 0 Å². The fraction of sp³-hybridized carbons (Fsp3) is 0.682. The third-order valence-corrected chi connectivity index (χ3v) is 8.55. The molecule has 0 aliphatic carbocycles. The van der Waals surface area contributed by atoms with Crippen molar-refractivity contribution >= 4 is 27.5 Å². The molecule has 2 saturated heterocycles. The van der Waals surface area contributed by atoms with Crippen LogP contribution < -0.4 is 5.32 Å². The molecule has 0 spiro atoms. The van der Waals surface area contributed by atoms with Crippen LogP contribution >= 0.6 is 11.6 Å². The molecule has 2 aliphatic rings. The molecule has 1 atom stereocenters. The van der Waals surface area contributed by atoms with Gasteiger partial charge in [-0.1, -0.05) is 18.0 Å². The Labute approximate surface area is 186 Å². The van der Waals surface area contributed by atoms with Gasteiger partial charge in [0.05, 0.1) is 4.90 Å². The highest BCUT2D eigenvalue weighted by Gasteiger charge is 2.32. The smallest absolute Gasteiger partial charge is 0.243 e. The zero-order valence-corrected chi connectivity index (χ0v) is 19.4. The van der Waals surface area contributed by atoms with Crippen LogP contribution in [0.2, 0.25) is 5.02 Å². The van der Waals surface area contributed by atoms with E-state index < -0.39 is 10.0 Å². The fourth-order valence-corrected chi connectivity index (χ4v) is 6.00. The largest absolute Gasteiger partial charge is 0.356 e. The van der Waals surface area contributed by atoms with Gasteiger partial charge in [0.2, 0.25) is 15.9 Å². The Kier molecular flexibility index (Phi) is 8.57. The summed E-state index contributed by atoms with van der Waals surface area (Å²) in [7, 11) is -3.53. The van der Waals surface area contributed by atoms with Gasteiger partial charge in [0.15, 0.2) is 0 Å². The number of benzene rings is 1. The molecule has 8 heteroatoms. The van der Waals surface area contributed by atoms with E-state index in [-0.39, 0.29) is 16.7 Å². The van der Waals surface area contributed by atoms with Gasteiger partial charge in [-0.3, -0.25) is 4.79 Å². The van der Waals surface area contributed by atoms with E-state index in [1.807, 2.05) is 0 Å². The Morgan fingerprint density at radius 2 is 1.77 bits per heavy atom. The molecule has 1 aromatic rings. The van der Waals surface area contributed by atoms with Gasteiger partial charge in [0.1, 0.15) is 0 Å². The molecule has 3 rings (SSSR count). The summed E-state index contributed by atoms with van der Waals surface area (Å²) in [4.78, 5) is 15.3. The Morgan fingerprint density at radius 1 is 1.07 bits per heavy atom. The van der Waals surface area contributed by atoms with Gasteiger partial charge < -0.3 is 10.2 Å². The molecule has 30 heavy (non-hydrogen) atoms. The van der Waals surface area contributed by atoms with Crippen LogP contribution in [0.1, 0.15) is 51.9 Å². The summed E-state index contributed by atoms with van der Waals surface area (Å²) in [5.74, 6) is -0.0475. The van der Waals surface area contributed by atoms with E-state index in [1.54, 1.807) is 12.1 Å². The number of nitrogens with zero attached hydrogens (tertiary/aromatic N) is 2. The standard InChI is InChI=1S/C22H34ClN3O3S/c1-18-6-2-4-14-25(18)15-5-3-13-24-22(27)19-11-16-26(17-12-19)30(28,29)21-9-7-20(23)8-10-21/h7-10,18-19H,2-6,11-17H2,1H3,(H,24,27). The number of hydrogen-bond acceptors (Lipinski definition) is 4. The molecule has 0 saturated carbocycles. The van der Waals surface area contributed by atoms with Crippen molar-refractivity contribution in [2.75, 3.05) is 32.7 Å². The van der Waals surface area contributed by atoms with Gasteiger partial charge in [-0.05, 0) is 82.8 Å². The third-order valence-electron chi connectivity index (χ3n) is 6.39. The molecule has 0 radical (unpaired) electrons. The molecule has 1 amide bonds. The van der Waals surface area contributed by atoms with Gasteiger partial charge in [0, 0.05) is 36.6 Å². The lowest BCUT2D eigenvalue weighted by Crippen LogP contribution is -2.43. The zero-order chi connectivity index (χ0) is 21.6. The number of hydrogen-bond donors (Lipinski definition) is 1. The van der Waals surface area contributed by atoms with Gasteiger partial charge in [-0.15, -0.1) is 0 Å². The van der Waals surface area contributed by atoms with Crippen LogP contribution in [0.15, 0.2) is 29.2 Å². The van der Waals surface area contributed by atoms with E-state index in [1.165, 1.54) is 42.2 Å². The predicted molar refractivity (Wildman–Crippen MR) is 120 cm³/mol. The van der Waals surface area contributed by atoms with E-state index in [0.29, 0.717) is 43.5 Å². The Hall–Kier alpha value is -1.15. The summed E-state index contributed by atoms with van der Waals surface area (Å²) < 4.78 is 27.0. The molecule has 1 unspecified atom stereocenters. The minimum atomic E-state index is -3.53. The number of halogens is 1. The highest BCUT2D eigenvalue weighted by molar-refractivity contribution is 7.89. The predicted octanol–water partition coefficient (Wildman–Crippen LogP) is 3.51. The monoisotopic (exact) mass is 455 g/mol. The minimum absolute atomic E-state index is 0.0601. The molecule has 168 valence electrons. The van der Waals surface area contributed by atoms with Crippen LogP contribution in [0.4, 0.5) is 0 Å². The second-order valence-corrected chi connectivity index (χ2v) is 10.9. The van der Waals surface area contributed by atoms with Crippen molar-refractivity contribution in [2.24, 2.45) is 5.92 Å². The summed E-state index contributed by atoms with van der Waals surface area (Å²) >= 11 is 5.85. The molecular weight excluding hydrogens is 422 g/mol. The first-order chi connectivity index (χ1) is 14.4. The Balaban J connectivity index is 1.36. The molecule has 1 N–H and O–H groups in total. The van der Waals surface area contributed by atoms with E-state index in [4.69, 9.17) is 11.6 Å². The van der Waals surface area contributed by atoms with Gasteiger partial charge in [0.25, 0.3) is 0 Å². The molecule has 2 aliphatic heterocycles. The second kappa shape index (κ2) is 10.9. The minimum Gasteiger partial charge on any atom is -0.356 e. The number of rotatable bonds is 8. The lowest BCUT2D eigenvalue weighted by molar-refractivity contribution is -0.126. The first kappa shape index (κ1) is 23.5. The fourth-order valence-electron chi connectivity index (χ4n) is 4.40. The van der Waals surface area contributed by atoms with Gasteiger partial charge in [-0.2, -0.15) is 4.31 Å². The summed E-state index contributed by atoms with van der Waals surface area (Å²) in [6.45, 7) is 6.06. The average molecular weight is 456 g/mol. The van der Waals surface area contributed by atoms with E-state index in [2.05, 4.69) is 17.1 Å². The number of unbranched alkanes of at least 4 members (excludes halogenated alkanes) is 1. The van der Waals surface area contributed by atoms with Crippen LogP contribution in [0, 0.1) is 5.92 Å². The first-order valence-corrected chi connectivity index (χ1v) is 13.0. The molecule has 2 heterocycles. The quantitative estimate of drug-likeness (QED) is 0.609. The third kappa shape index (κ3) is 6.19. The Bertz CT molecular complexity index is 792. The van der Waals surface area contributed by atoms with Crippen molar-refractivity contribution in [3.63, 3.8) is 0 Å². The van der Waals surface area contributed by atoms with Crippen molar-refractivity contribution < 1.29 is 13.2 Å². The van der Waals surface area contributed by atoms with Crippen LogP contribution in [0.25, 0.3) is 0 Å².